The Hall–Kier alpha value is -3.92. The van der Waals surface area contributed by atoms with Crippen molar-refractivity contribution in [2.45, 2.75) is 51.9 Å². The molecular weight excluding hydrogens is 449 g/mol. The Morgan fingerprint density at radius 3 is 2.86 bits per heavy atom. The minimum absolute atomic E-state index is 0.0733. The topological polar surface area (TPSA) is 99.8 Å². The first kappa shape index (κ1) is 21.6. The van der Waals surface area contributed by atoms with Gasteiger partial charge in [-0.3, -0.25) is 4.79 Å². The number of anilines is 1. The second kappa shape index (κ2) is 8.38. The molecule has 0 unspecified atom stereocenters. The zero-order valence-corrected chi connectivity index (χ0v) is 19.4. The van der Waals surface area contributed by atoms with Crippen LogP contribution in [0.5, 0.6) is 0 Å². The van der Waals surface area contributed by atoms with Gasteiger partial charge in [0.15, 0.2) is 5.82 Å². The second-order valence-electron chi connectivity index (χ2n) is 9.20. The summed E-state index contributed by atoms with van der Waals surface area (Å²) in [7, 11) is 0. The summed E-state index contributed by atoms with van der Waals surface area (Å²) in [5.74, 6) is 0.906. The molecule has 0 spiro atoms. The van der Waals surface area contributed by atoms with Gasteiger partial charge in [-0.1, -0.05) is 6.07 Å². The van der Waals surface area contributed by atoms with Gasteiger partial charge in [-0.25, -0.2) is 14.4 Å². The molecule has 1 aliphatic carbocycles. The highest BCUT2D eigenvalue weighted by atomic mass is 19.1. The number of nitrogens with zero attached hydrogens (tertiary/aromatic N) is 6. The van der Waals surface area contributed by atoms with E-state index in [-0.39, 0.29) is 18.2 Å². The lowest BCUT2D eigenvalue weighted by atomic mass is 10.1. The molecule has 3 aromatic heterocycles. The van der Waals surface area contributed by atoms with Crippen LogP contribution in [0.15, 0.2) is 42.9 Å². The predicted octanol–water partition coefficient (Wildman–Crippen LogP) is 4.41. The number of rotatable bonds is 5. The van der Waals surface area contributed by atoms with Gasteiger partial charge in [-0.2, -0.15) is 0 Å². The molecular formula is C25H24FN7O2. The van der Waals surface area contributed by atoms with Gasteiger partial charge in [0.25, 0.3) is 5.91 Å². The Bertz CT molecular complexity index is 1440. The van der Waals surface area contributed by atoms with E-state index in [0.717, 1.165) is 24.4 Å². The summed E-state index contributed by atoms with van der Waals surface area (Å²) in [6.07, 6.45) is 5.87. The maximum absolute atomic E-state index is 15.0. The first-order valence-corrected chi connectivity index (χ1v) is 11.6. The first-order valence-electron chi connectivity index (χ1n) is 11.6. The normalized spacial score (nSPS) is 15.0. The molecule has 1 fully saturated rings. The second-order valence-corrected chi connectivity index (χ2v) is 9.20. The van der Waals surface area contributed by atoms with Crippen molar-refractivity contribution in [2.75, 3.05) is 5.32 Å². The van der Waals surface area contributed by atoms with Crippen LogP contribution in [0.25, 0.3) is 17.2 Å². The number of benzene rings is 1. The van der Waals surface area contributed by atoms with E-state index in [1.54, 1.807) is 30.6 Å². The summed E-state index contributed by atoms with van der Waals surface area (Å²) in [5.41, 5.74) is 2.88. The largest absolute Gasteiger partial charge is 0.369 e. The van der Waals surface area contributed by atoms with E-state index in [4.69, 9.17) is 9.72 Å². The molecule has 1 N–H and O–H groups in total. The lowest BCUT2D eigenvalue weighted by molar-refractivity contribution is 0.102. The van der Waals surface area contributed by atoms with Crippen molar-refractivity contribution < 1.29 is 13.9 Å². The summed E-state index contributed by atoms with van der Waals surface area (Å²) in [5, 5.41) is 10.9. The molecule has 4 heterocycles. The fraction of sp³-hybridized carbons (Fsp3) is 0.320. The molecule has 178 valence electrons. The number of imidazole rings is 1. The molecule has 0 saturated heterocycles. The molecule has 9 nitrogen and oxygen atoms in total. The van der Waals surface area contributed by atoms with E-state index >= 15 is 4.39 Å². The molecule has 10 heteroatoms. The van der Waals surface area contributed by atoms with Gasteiger partial charge >= 0.3 is 0 Å². The molecule has 6 rings (SSSR count). The average Bonchev–Trinajstić information content (AvgIpc) is 3.45. The van der Waals surface area contributed by atoms with Gasteiger partial charge in [0.2, 0.25) is 0 Å². The minimum atomic E-state index is -0.619. The molecule has 1 aliphatic heterocycles. The van der Waals surface area contributed by atoms with Crippen LogP contribution in [0, 0.1) is 5.82 Å². The van der Waals surface area contributed by atoms with E-state index in [0.29, 0.717) is 41.1 Å². The van der Waals surface area contributed by atoms with Gasteiger partial charge in [0, 0.05) is 23.7 Å². The van der Waals surface area contributed by atoms with Gasteiger partial charge in [-0.15, -0.1) is 10.2 Å². The summed E-state index contributed by atoms with van der Waals surface area (Å²) in [4.78, 5) is 22.4. The Labute approximate surface area is 201 Å². The predicted molar refractivity (Wildman–Crippen MR) is 126 cm³/mol. The quantitative estimate of drug-likeness (QED) is 0.461. The van der Waals surface area contributed by atoms with E-state index in [1.807, 2.05) is 29.2 Å². The van der Waals surface area contributed by atoms with E-state index in [1.165, 1.54) is 6.07 Å². The van der Waals surface area contributed by atoms with Crippen molar-refractivity contribution in [3.8, 4) is 17.2 Å². The number of carbonyl (C=O) groups is 1. The van der Waals surface area contributed by atoms with Gasteiger partial charge in [0.05, 0.1) is 23.6 Å². The lowest BCUT2D eigenvalue weighted by Crippen LogP contribution is -2.16. The third-order valence-corrected chi connectivity index (χ3v) is 6.30. The number of hydrogen-bond donors (Lipinski definition) is 1. The van der Waals surface area contributed by atoms with E-state index in [2.05, 4.69) is 20.5 Å². The van der Waals surface area contributed by atoms with Crippen LogP contribution in [-0.2, 0) is 18.0 Å². The van der Waals surface area contributed by atoms with Gasteiger partial charge < -0.3 is 19.2 Å². The molecule has 0 bridgehead atoms. The molecule has 1 amide bonds. The zero-order valence-electron chi connectivity index (χ0n) is 19.4. The smallest absolute Gasteiger partial charge is 0.259 e. The fourth-order valence-corrected chi connectivity index (χ4v) is 4.31. The highest BCUT2D eigenvalue weighted by molar-refractivity contribution is 6.04. The third kappa shape index (κ3) is 3.99. The van der Waals surface area contributed by atoms with Crippen LogP contribution in [0.3, 0.4) is 0 Å². The maximum Gasteiger partial charge on any atom is 0.259 e. The number of pyridine rings is 1. The molecule has 2 aliphatic rings. The first-order chi connectivity index (χ1) is 17.0. The van der Waals surface area contributed by atoms with Crippen LogP contribution < -0.4 is 5.32 Å². The number of aromatic nitrogens is 6. The maximum atomic E-state index is 15.0. The fourth-order valence-electron chi connectivity index (χ4n) is 4.31. The van der Waals surface area contributed by atoms with Crippen LogP contribution in [0.1, 0.15) is 66.1 Å². The van der Waals surface area contributed by atoms with Crippen LogP contribution in [0.2, 0.25) is 0 Å². The molecule has 0 atom stereocenters. The highest BCUT2D eigenvalue weighted by Gasteiger charge is 2.29. The van der Waals surface area contributed by atoms with Gasteiger partial charge in [-0.05, 0) is 51.0 Å². The van der Waals surface area contributed by atoms with Crippen LogP contribution >= 0.6 is 0 Å². The minimum Gasteiger partial charge on any atom is -0.369 e. The monoisotopic (exact) mass is 473 g/mol. The number of hydrogen-bond acceptors (Lipinski definition) is 6. The number of nitrogens with one attached hydrogen (secondary N) is 1. The van der Waals surface area contributed by atoms with Crippen molar-refractivity contribution in [3.05, 3.63) is 71.3 Å². The van der Waals surface area contributed by atoms with Crippen molar-refractivity contribution in [3.63, 3.8) is 0 Å². The van der Waals surface area contributed by atoms with Crippen LogP contribution in [-0.4, -0.2) is 35.2 Å². The molecule has 0 radical (unpaired) electrons. The molecule has 1 saturated carbocycles. The molecule has 35 heavy (non-hydrogen) atoms. The Kier molecular flexibility index (Phi) is 5.18. The number of halogens is 1. The Morgan fingerprint density at radius 1 is 1.20 bits per heavy atom. The number of carbonyl (C=O) groups excluding carboxylic acids is 1. The zero-order chi connectivity index (χ0) is 24.1. The molecule has 1 aromatic carbocycles. The lowest BCUT2D eigenvalue weighted by Gasteiger charge is -2.13. The summed E-state index contributed by atoms with van der Waals surface area (Å²) in [6.45, 7) is 4.62. The Morgan fingerprint density at radius 2 is 2.06 bits per heavy atom. The van der Waals surface area contributed by atoms with Crippen LogP contribution in [0.4, 0.5) is 10.2 Å². The van der Waals surface area contributed by atoms with Crippen molar-refractivity contribution in [1.82, 2.24) is 29.3 Å². The summed E-state index contributed by atoms with van der Waals surface area (Å²) >= 11 is 0. The third-order valence-electron chi connectivity index (χ3n) is 6.30. The van der Waals surface area contributed by atoms with E-state index in [9.17, 15) is 4.79 Å². The van der Waals surface area contributed by atoms with Gasteiger partial charge in [0.1, 0.15) is 36.1 Å². The summed E-state index contributed by atoms with van der Waals surface area (Å²) in [6, 6.07) is 8.29. The standard InChI is InChI=1S/C25H24FN7O2/c1-14(2)33-13-27-31-24(33)19-4-3-5-22(28-19)30-25(34)17-9-21-16(8-18(17)26)11-35-12-23-29-20(10-32(21)23)15-6-7-15/h3-5,8-10,13-15H,6-7,11-12H2,1-2H3,(H,28,30,34). The van der Waals surface area contributed by atoms with Crippen molar-refractivity contribution in [1.29, 1.82) is 0 Å². The average molecular weight is 474 g/mol. The van der Waals surface area contributed by atoms with Crippen molar-refractivity contribution >= 4 is 11.7 Å². The SMILES string of the molecule is CC(C)n1cnnc1-c1cccc(NC(=O)c2cc3c(cc2F)COCc2nc(C4CC4)cn2-3)n1. The van der Waals surface area contributed by atoms with Crippen molar-refractivity contribution in [2.24, 2.45) is 0 Å². The number of ether oxygens (including phenoxy) is 1. The summed E-state index contributed by atoms with van der Waals surface area (Å²) < 4.78 is 24.6. The number of amides is 1. The number of fused-ring (bicyclic) bond motifs is 3. The molecule has 4 aromatic rings. The Balaban J connectivity index is 1.32. The highest BCUT2D eigenvalue weighted by Crippen LogP contribution is 2.40. The van der Waals surface area contributed by atoms with E-state index < -0.39 is 11.7 Å².